The lowest BCUT2D eigenvalue weighted by Gasteiger charge is -2.32. The Morgan fingerprint density at radius 1 is 1.05 bits per heavy atom. The van der Waals surface area contributed by atoms with Gasteiger partial charge >= 0.3 is 6.18 Å². The lowest BCUT2D eigenvalue weighted by molar-refractivity contribution is -0.141. The predicted octanol–water partition coefficient (Wildman–Crippen LogP) is 6.14. The minimum atomic E-state index is -4.65. The molecule has 0 bridgehead atoms. The van der Waals surface area contributed by atoms with E-state index in [1.54, 1.807) is 25.1 Å². The molecular formula is C27H34Cl2F3N3O4S. The molecule has 222 valence electrons. The van der Waals surface area contributed by atoms with E-state index in [9.17, 15) is 31.2 Å². The molecule has 1 N–H and O–H groups in total. The van der Waals surface area contributed by atoms with E-state index in [-0.39, 0.29) is 49.9 Å². The fourth-order valence-electron chi connectivity index (χ4n) is 4.04. The Morgan fingerprint density at radius 2 is 1.65 bits per heavy atom. The van der Waals surface area contributed by atoms with Crippen molar-refractivity contribution < 1.29 is 31.2 Å². The zero-order valence-electron chi connectivity index (χ0n) is 22.8. The zero-order valence-corrected chi connectivity index (χ0v) is 25.1. The van der Waals surface area contributed by atoms with Gasteiger partial charge in [0.25, 0.3) is 0 Å². The standard InChI is InChI=1S/C27H34Cl2F3N3O4S/c1-5-24(26(37)33-16-18(2)3)34(17-21-22(28)11-7-12-23(21)29)25(36)13-8-14-35(40(4,38)39)20-10-6-9-19(15-20)27(30,31)32/h6-7,9-12,15,18,24H,5,8,13-14,16-17H2,1-4H3,(H,33,37). The number of sulfonamides is 1. The van der Waals surface area contributed by atoms with Gasteiger partial charge in [-0.05, 0) is 49.1 Å². The van der Waals surface area contributed by atoms with Crippen molar-refractivity contribution in [3.63, 3.8) is 0 Å². The van der Waals surface area contributed by atoms with Crippen LogP contribution >= 0.6 is 23.2 Å². The Morgan fingerprint density at radius 3 is 2.17 bits per heavy atom. The first kappa shape index (κ1) is 33.7. The van der Waals surface area contributed by atoms with Crippen LogP contribution in [0.25, 0.3) is 0 Å². The second-order valence-corrected chi connectivity index (χ2v) is 12.5. The van der Waals surface area contributed by atoms with Crippen molar-refractivity contribution in [1.29, 1.82) is 0 Å². The number of hydrogen-bond acceptors (Lipinski definition) is 4. The van der Waals surface area contributed by atoms with Gasteiger partial charge in [0.2, 0.25) is 21.8 Å². The molecule has 2 amide bonds. The highest BCUT2D eigenvalue weighted by atomic mass is 35.5. The summed E-state index contributed by atoms with van der Waals surface area (Å²) in [6.45, 7) is 5.73. The van der Waals surface area contributed by atoms with Gasteiger partial charge in [0, 0.05) is 41.7 Å². The molecule has 0 saturated heterocycles. The average Bonchev–Trinajstić information content (AvgIpc) is 2.85. The highest BCUT2D eigenvalue weighted by molar-refractivity contribution is 7.92. The van der Waals surface area contributed by atoms with Gasteiger partial charge in [-0.3, -0.25) is 13.9 Å². The molecule has 2 aromatic rings. The van der Waals surface area contributed by atoms with E-state index in [1.165, 1.54) is 11.0 Å². The Hall–Kier alpha value is -2.50. The summed E-state index contributed by atoms with van der Waals surface area (Å²) >= 11 is 12.7. The van der Waals surface area contributed by atoms with Gasteiger partial charge in [-0.25, -0.2) is 8.42 Å². The van der Waals surface area contributed by atoms with Crippen molar-refractivity contribution in [2.45, 2.75) is 58.8 Å². The van der Waals surface area contributed by atoms with Gasteiger partial charge in [0.1, 0.15) is 6.04 Å². The molecule has 0 spiro atoms. The second-order valence-electron chi connectivity index (χ2n) is 9.77. The molecule has 0 aliphatic heterocycles. The number of carbonyl (C=O) groups excluding carboxylic acids is 2. The van der Waals surface area contributed by atoms with E-state index in [2.05, 4.69) is 5.32 Å². The Balaban J connectivity index is 2.31. The number of amides is 2. The van der Waals surface area contributed by atoms with Crippen LogP contribution in [0.3, 0.4) is 0 Å². The first-order valence-electron chi connectivity index (χ1n) is 12.7. The third kappa shape index (κ3) is 9.55. The van der Waals surface area contributed by atoms with E-state index in [4.69, 9.17) is 23.2 Å². The van der Waals surface area contributed by atoms with E-state index in [0.29, 0.717) is 22.2 Å². The third-order valence-electron chi connectivity index (χ3n) is 6.07. The monoisotopic (exact) mass is 623 g/mol. The maximum absolute atomic E-state index is 13.5. The van der Waals surface area contributed by atoms with Crippen LogP contribution in [0.5, 0.6) is 0 Å². The molecule has 0 fully saturated rings. The van der Waals surface area contributed by atoms with Crippen LogP contribution in [0, 0.1) is 5.92 Å². The lowest BCUT2D eigenvalue weighted by atomic mass is 10.1. The molecule has 0 heterocycles. The van der Waals surface area contributed by atoms with Crippen LogP contribution in [-0.2, 0) is 32.3 Å². The normalized spacial score (nSPS) is 12.8. The number of nitrogens with zero attached hydrogens (tertiary/aromatic N) is 2. The smallest absolute Gasteiger partial charge is 0.354 e. The largest absolute Gasteiger partial charge is 0.416 e. The summed E-state index contributed by atoms with van der Waals surface area (Å²) in [5.74, 6) is -0.629. The lowest BCUT2D eigenvalue weighted by Crippen LogP contribution is -2.49. The van der Waals surface area contributed by atoms with E-state index < -0.39 is 33.7 Å². The molecule has 0 aromatic heterocycles. The first-order valence-corrected chi connectivity index (χ1v) is 15.3. The third-order valence-corrected chi connectivity index (χ3v) is 7.98. The van der Waals surface area contributed by atoms with Gasteiger partial charge in [-0.2, -0.15) is 13.2 Å². The topological polar surface area (TPSA) is 86.8 Å². The summed E-state index contributed by atoms with van der Waals surface area (Å²) in [6, 6.07) is 8.01. The number of anilines is 1. The van der Waals surface area contributed by atoms with Crippen molar-refractivity contribution in [1.82, 2.24) is 10.2 Å². The number of rotatable bonds is 13. The molecule has 1 atom stereocenters. The minimum absolute atomic E-state index is 0.0149. The van der Waals surface area contributed by atoms with E-state index >= 15 is 0 Å². The summed E-state index contributed by atoms with van der Waals surface area (Å²) in [5, 5.41) is 3.47. The molecule has 0 aliphatic carbocycles. The first-order chi connectivity index (χ1) is 18.6. The molecule has 0 aliphatic rings. The summed E-state index contributed by atoms with van der Waals surface area (Å²) in [6.07, 6.45) is -3.68. The number of alkyl halides is 3. The number of hydrogen-bond donors (Lipinski definition) is 1. The van der Waals surface area contributed by atoms with Crippen LogP contribution in [-0.4, -0.2) is 50.5 Å². The van der Waals surface area contributed by atoms with Gasteiger partial charge < -0.3 is 10.2 Å². The second kappa shape index (κ2) is 14.4. The van der Waals surface area contributed by atoms with Gasteiger partial charge in [0.15, 0.2) is 0 Å². The molecule has 0 radical (unpaired) electrons. The predicted molar refractivity (Wildman–Crippen MR) is 152 cm³/mol. The Labute approximate surface area is 243 Å². The van der Waals surface area contributed by atoms with Crippen molar-refractivity contribution in [2.24, 2.45) is 5.92 Å². The van der Waals surface area contributed by atoms with Crippen LogP contribution in [0.2, 0.25) is 10.0 Å². The Bertz CT molecular complexity index is 1270. The fraction of sp³-hybridized carbons (Fsp3) is 0.481. The molecule has 13 heteroatoms. The van der Waals surface area contributed by atoms with Crippen LogP contribution in [0.1, 0.15) is 51.2 Å². The maximum atomic E-state index is 13.5. The molecular weight excluding hydrogens is 590 g/mol. The number of carbonyl (C=O) groups is 2. The molecule has 0 saturated carbocycles. The summed E-state index contributed by atoms with van der Waals surface area (Å²) in [7, 11) is -3.97. The molecule has 40 heavy (non-hydrogen) atoms. The number of benzene rings is 2. The van der Waals surface area contributed by atoms with E-state index in [0.717, 1.165) is 28.8 Å². The van der Waals surface area contributed by atoms with Crippen molar-refractivity contribution in [2.75, 3.05) is 23.7 Å². The van der Waals surface area contributed by atoms with Gasteiger partial charge in [-0.15, -0.1) is 0 Å². The summed E-state index contributed by atoms with van der Waals surface area (Å²) in [5.41, 5.74) is -0.698. The van der Waals surface area contributed by atoms with E-state index in [1.807, 2.05) is 13.8 Å². The van der Waals surface area contributed by atoms with Crippen LogP contribution < -0.4 is 9.62 Å². The molecule has 2 aromatic carbocycles. The van der Waals surface area contributed by atoms with Gasteiger partial charge in [0.05, 0.1) is 17.5 Å². The highest BCUT2D eigenvalue weighted by Crippen LogP contribution is 2.32. The summed E-state index contributed by atoms with van der Waals surface area (Å²) < 4.78 is 65.4. The fourth-order valence-corrected chi connectivity index (χ4v) is 5.51. The summed E-state index contributed by atoms with van der Waals surface area (Å²) in [4.78, 5) is 27.9. The molecule has 1 unspecified atom stereocenters. The van der Waals surface area contributed by atoms with Crippen molar-refractivity contribution in [3.05, 3.63) is 63.6 Å². The maximum Gasteiger partial charge on any atom is 0.416 e. The van der Waals surface area contributed by atoms with Crippen LogP contribution in [0.4, 0.5) is 18.9 Å². The van der Waals surface area contributed by atoms with Gasteiger partial charge in [-0.1, -0.05) is 56.1 Å². The number of nitrogens with one attached hydrogen (secondary N) is 1. The van der Waals surface area contributed by atoms with Crippen molar-refractivity contribution in [3.8, 4) is 0 Å². The average molecular weight is 625 g/mol. The molecule has 7 nitrogen and oxygen atoms in total. The highest BCUT2D eigenvalue weighted by Gasteiger charge is 2.32. The Kier molecular flexibility index (Phi) is 12.1. The van der Waals surface area contributed by atoms with Crippen LogP contribution in [0.15, 0.2) is 42.5 Å². The zero-order chi connectivity index (χ0) is 30.3. The quantitative estimate of drug-likeness (QED) is 0.290. The van der Waals surface area contributed by atoms with Crippen molar-refractivity contribution >= 4 is 50.7 Å². The SMILES string of the molecule is CCC(C(=O)NCC(C)C)N(Cc1c(Cl)cccc1Cl)C(=O)CCCN(c1cccc(C(F)(F)F)c1)S(C)(=O)=O. The number of halogens is 5. The molecule has 2 rings (SSSR count). The minimum Gasteiger partial charge on any atom is -0.354 e.